The molecule has 0 spiro atoms. The zero-order valence-corrected chi connectivity index (χ0v) is 12.3. The molecule has 2 saturated heterocycles. The van der Waals surface area contributed by atoms with E-state index in [1.807, 2.05) is 0 Å². The minimum Gasteiger partial charge on any atom is -0.361 e. The van der Waals surface area contributed by atoms with Crippen molar-refractivity contribution in [3.63, 3.8) is 0 Å². The fourth-order valence-electron chi connectivity index (χ4n) is 2.99. The van der Waals surface area contributed by atoms with Gasteiger partial charge in [0.05, 0.1) is 6.61 Å². The van der Waals surface area contributed by atoms with E-state index < -0.39 is 0 Å². The summed E-state index contributed by atoms with van der Waals surface area (Å²) in [7, 11) is 0. The molecule has 0 amide bonds. The summed E-state index contributed by atoms with van der Waals surface area (Å²) in [6, 6.07) is 1.38. The van der Waals surface area contributed by atoms with Gasteiger partial charge in [0.1, 0.15) is 6.23 Å². The summed E-state index contributed by atoms with van der Waals surface area (Å²) in [6.07, 6.45) is 4.08. The van der Waals surface area contributed by atoms with Crippen LogP contribution in [0.2, 0.25) is 0 Å². The van der Waals surface area contributed by atoms with Gasteiger partial charge in [-0.15, -0.1) is 12.4 Å². The maximum atomic E-state index is 5.82. The van der Waals surface area contributed by atoms with Crippen LogP contribution < -0.4 is 5.32 Å². The molecule has 2 atom stereocenters. The first-order valence-electron chi connectivity index (χ1n) is 6.63. The molecule has 3 nitrogen and oxygen atoms in total. The Labute approximate surface area is 112 Å². The monoisotopic (exact) mass is 262 g/mol. The van der Waals surface area contributed by atoms with E-state index in [0.717, 1.165) is 13.0 Å². The second kappa shape index (κ2) is 5.87. The van der Waals surface area contributed by atoms with Crippen molar-refractivity contribution in [2.45, 2.75) is 70.8 Å². The Morgan fingerprint density at radius 1 is 1.41 bits per heavy atom. The van der Waals surface area contributed by atoms with Crippen LogP contribution in [0.5, 0.6) is 0 Å². The van der Waals surface area contributed by atoms with Gasteiger partial charge in [0.25, 0.3) is 0 Å². The van der Waals surface area contributed by atoms with Gasteiger partial charge < -0.3 is 4.74 Å². The standard InChI is InChI=1S/C13H26N2O.ClH/c1-10(2)15-7-5-6-11(15)8-12-14-13(3,4)9-16-12;/h10-12,14H,5-9H2,1-4H3;1H. The molecule has 2 fully saturated rings. The van der Waals surface area contributed by atoms with Gasteiger partial charge in [-0.25, -0.2) is 0 Å². The van der Waals surface area contributed by atoms with Gasteiger partial charge in [-0.2, -0.15) is 0 Å². The minimum absolute atomic E-state index is 0. The van der Waals surface area contributed by atoms with Crippen LogP contribution in [0.4, 0.5) is 0 Å². The molecule has 0 aromatic rings. The number of nitrogens with zero attached hydrogens (tertiary/aromatic N) is 1. The molecule has 2 heterocycles. The van der Waals surface area contributed by atoms with Gasteiger partial charge in [-0.1, -0.05) is 0 Å². The van der Waals surface area contributed by atoms with Crippen molar-refractivity contribution in [3.8, 4) is 0 Å². The maximum Gasteiger partial charge on any atom is 0.110 e. The van der Waals surface area contributed by atoms with Gasteiger partial charge in [-0.3, -0.25) is 10.2 Å². The zero-order valence-electron chi connectivity index (χ0n) is 11.5. The van der Waals surface area contributed by atoms with E-state index in [2.05, 4.69) is 37.9 Å². The quantitative estimate of drug-likeness (QED) is 0.845. The maximum absolute atomic E-state index is 5.82. The molecule has 4 heteroatoms. The number of rotatable bonds is 3. The number of nitrogens with one attached hydrogen (secondary N) is 1. The Morgan fingerprint density at radius 2 is 2.12 bits per heavy atom. The SMILES string of the molecule is CC(C)N1CCCC1CC1NC(C)(C)CO1.Cl. The highest BCUT2D eigenvalue weighted by atomic mass is 35.5. The Balaban J connectivity index is 0.00000144. The fourth-order valence-corrected chi connectivity index (χ4v) is 2.99. The molecule has 2 aliphatic heterocycles. The number of hydrogen-bond acceptors (Lipinski definition) is 3. The number of halogens is 1. The van der Waals surface area contributed by atoms with Crippen molar-refractivity contribution >= 4 is 12.4 Å². The Kier molecular flexibility index (Phi) is 5.26. The average molecular weight is 263 g/mol. The number of ether oxygens (including phenoxy) is 1. The lowest BCUT2D eigenvalue weighted by Gasteiger charge is -2.30. The van der Waals surface area contributed by atoms with E-state index in [9.17, 15) is 0 Å². The van der Waals surface area contributed by atoms with Crippen LogP contribution in [-0.4, -0.2) is 41.9 Å². The highest BCUT2D eigenvalue weighted by Crippen LogP contribution is 2.26. The number of hydrogen-bond donors (Lipinski definition) is 1. The van der Waals surface area contributed by atoms with Crippen molar-refractivity contribution in [2.75, 3.05) is 13.2 Å². The normalized spacial score (nSPS) is 33.0. The van der Waals surface area contributed by atoms with Crippen molar-refractivity contribution in [2.24, 2.45) is 0 Å². The van der Waals surface area contributed by atoms with Crippen LogP contribution in [0, 0.1) is 0 Å². The van der Waals surface area contributed by atoms with E-state index in [4.69, 9.17) is 4.74 Å². The number of likely N-dealkylation sites (tertiary alicyclic amines) is 1. The fraction of sp³-hybridized carbons (Fsp3) is 1.00. The zero-order chi connectivity index (χ0) is 11.8. The predicted octanol–water partition coefficient (Wildman–Crippen LogP) is 2.40. The lowest BCUT2D eigenvalue weighted by Crippen LogP contribution is -2.43. The van der Waals surface area contributed by atoms with Gasteiger partial charge in [0.2, 0.25) is 0 Å². The first-order chi connectivity index (χ1) is 7.48. The highest BCUT2D eigenvalue weighted by molar-refractivity contribution is 5.85. The molecule has 17 heavy (non-hydrogen) atoms. The van der Waals surface area contributed by atoms with Gasteiger partial charge in [0, 0.05) is 24.0 Å². The first kappa shape index (κ1) is 15.2. The summed E-state index contributed by atoms with van der Waals surface area (Å²) >= 11 is 0. The molecule has 0 aromatic heterocycles. The topological polar surface area (TPSA) is 24.5 Å². The molecule has 0 aromatic carbocycles. The molecule has 0 radical (unpaired) electrons. The molecule has 102 valence electrons. The Hall–Kier alpha value is 0.170. The van der Waals surface area contributed by atoms with Crippen molar-refractivity contribution in [3.05, 3.63) is 0 Å². The lowest BCUT2D eigenvalue weighted by atomic mass is 10.1. The van der Waals surface area contributed by atoms with E-state index in [-0.39, 0.29) is 24.2 Å². The van der Waals surface area contributed by atoms with Crippen LogP contribution in [0.15, 0.2) is 0 Å². The molecule has 1 N–H and O–H groups in total. The second-order valence-corrected chi connectivity index (χ2v) is 6.19. The third-order valence-electron chi connectivity index (χ3n) is 3.77. The average Bonchev–Trinajstić information content (AvgIpc) is 2.73. The second-order valence-electron chi connectivity index (χ2n) is 6.19. The summed E-state index contributed by atoms with van der Waals surface area (Å²) in [5.41, 5.74) is 0.159. The van der Waals surface area contributed by atoms with E-state index >= 15 is 0 Å². The molecule has 2 aliphatic rings. The third kappa shape index (κ3) is 3.82. The Bertz CT molecular complexity index is 246. The summed E-state index contributed by atoms with van der Waals surface area (Å²) in [5.74, 6) is 0. The molecule has 0 bridgehead atoms. The predicted molar refractivity (Wildman–Crippen MR) is 73.7 cm³/mol. The van der Waals surface area contributed by atoms with Crippen LogP contribution in [-0.2, 0) is 4.74 Å². The van der Waals surface area contributed by atoms with Crippen molar-refractivity contribution in [1.29, 1.82) is 0 Å². The molecular weight excluding hydrogens is 236 g/mol. The highest BCUT2D eigenvalue weighted by Gasteiger charge is 2.35. The molecule has 2 rings (SSSR count). The van der Waals surface area contributed by atoms with Crippen molar-refractivity contribution in [1.82, 2.24) is 10.2 Å². The molecule has 0 aliphatic carbocycles. The third-order valence-corrected chi connectivity index (χ3v) is 3.77. The summed E-state index contributed by atoms with van der Waals surface area (Å²) in [4.78, 5) is 2.62. The molecular formula is C13H27ClN2O. The summed E-state index contributed by atoms with van der Waals surface area (Å²) in [6.45, 7) is 11.1. The summed E-state index contributed by atoms with van der Waals surface area (Å²) < 4.78 is 5.82. The largest absolute Gasteiger partial charge is 0.361 e. The van der Waals surface area contributed by atoms with Crippen LogP contribution in [0.25, 0.3) is 0 Å². The minimum atomic E-state index is 0. The van der Waals surface area contributed by atoms with E-state index in [1.54, 1.807) is 0 Å². The summed E-state index contributed by atoms with van der Waals surface area (Å²) in [5, 5.41) is 3.57. The van der Waals surface area contributed by atoms with Crippen molar-refractivity contribution < 1.29 is 4.74 Å². The van der Waals surface area contributed by atoms with E-state index in [1.165, 1.54) is 19.4 Å². The smallest absolute Gasteiger partial charge is 0.110 e. The Morgan fingerprint density at radius 3 is 2.65 bits per heavy atom. The molecule has 2 unspecified atom stereocenters. The molecule has 0 saturated carbocycles. The lowest BCUT2D eigenvalue weighted by molar-refractivity contribution is 0.0624. The van der Waals surface area contributed by atoms with E-state index in [0.29, 0.717) is 12.1 Å². The van der Waals surface area contributed by atoms with Crippen LogP contribution in [0.1, 0.15) is 47.0 Å². The first-order valence-corrected chi connectivity index (χ1v) is 6.63. The van der Waals surface area contributed by atoms with Gasteiger partial charge in [-0.05, 0) is 47.1 Å². The van der Waals surface area contributed by atoms with Crippen LogP contribution >= 0.6 is 12.4 Å². The van der Waals surface area contributed by atoms with Gasteiger partial charge >= 0.3 is 0 Å². The van der Waals surface area contributed by atoms with Crippen LogP contribution in [0.3, 0.4) is 0 Å². The van der Waals surface area contributed by atoms with Gasteiger partial charge in [0.15, 0.2) is 0 Å².